The number of nitrogens with zero attached hydrogens (tertiary/aromatic N) is 1. The minimum atomic E-state index is -0.300. The van der Waals surface area contributed by atoms with Crippen LogP contribution in [0.15, 0.2) is 36.4 Å². The van der Waals surface area contributed by atoms with Gasteiger partial charge in [0, 0.05) is 10.0 Å². The predicted octanol–water partition coefficient (Wildman–Crippen LogP) is 5.18. The molecule has 6 heteroatoms. The Bertz CT molecular complexity index is 801. The van der Waals surface area contributed by atoms with Crippen LogP contribution in [0.2, 0.25) is 10.0 Å². The SMILES string of the molecule is CC(Nc1nc2ccc(F)cc2[nH]1)c1ccc(Cl)cc1Cl. The van der Waals surface area contributed by atoms with Crippen molar-refractivity contribution in [3.8, 4) is 0 Å². The zero-order valence-corrected chi connectivity index (χ0v) is 12.6. The Balaban J connectivity index is 1.87. The highest BCUT2D eigenvalue weighted by Crippen LogP contribution is 2.28. The monoisotopic (exact) mass is 323 g/mol. The molecular weight excluding hydrogens is 312 g/mol. The summed E-state index contributed by atoms with van der Waals surface area (Å²) in [7, 11) is 0. The maximum Gasteiger partial charge on any atom is 0.201 e. The van der Waals surface area contributed by atoms with Crippen LogP contribution in [0.3, 0.4) is 0 Å². The van der Waals surface area contributed by atoms with E-state index in [0.717, 1.165) is 5.56 Å². The van der Waals surface area contributed by atoms with Gasteiger partial charge >= 0.3 is 0 Å². The molecule has 3 rings (SSSR count). The van der Waals surface area contributed by atoms with Gasteiger partial charge in [-0.05, 0) is 42.8 Å². The zero-order chi connectivity index (χ0) is 15.0. The van der Waals surface area contributed by atoms with Gasteiger partial charge in [0.1, 0.15) is 5.82 Å². The van der Waals surface area contributed by atoms with Crippen LogP contribution in [0.4, 0.5) is 10.3 Å². The van der Waals surface area contributed by atoms with Crippen LogP contribution in [0.5, 0.6) is 0 Å². The molecule has 2 aromatic carbocycles. The van der Waals surface area contributed by atoms with Crippen molar-refractivity contribution in [2.24, 2.45) is 0 Å². The summed E-state index contributed by atoms with van der Waals surface area (Å²) < 4.78 is 13.2. The highest BCUT2D eigenvalue weighted by molar-refractivity contribution is 6.35. The van der Waals surface area contributed by atoms with Gasteiger partial charge in [0.2, 0.25) is 5.95 Å². The van der Waals surface area contributed by atoms with Crippen LogP contribution in [-0.2, 0) is 0 Å². The van der Waals surface area contributed by atoms with Gasteiger partial charge in [-0.3, -0.25) is 0 Å². The first-order valence-electron chi connectivity index (χ1n) is 6.39. The number of halogens is 3. The van der Waals surface area contributed by atoms with E-state index in [1.54, 1.807) is 18.2 Å². The first-order chi connectivity index (χ1) is 10.0. The molecule has 2 N–H and O–H groups in total. The maximum absolute atomic E-state index is 13.2. The third-order valence-corrected chi connectivity index (χ3v) is 3.79. The molecule has 0 aliphatic heterocycles. The third-order valence-electron chi connectivity index (χ3n) is 3.23. The number of aromatic nitrogens is 2. The summed E-state index contributed by atoms with van der Waals surface area (Å²) in [5, 5.41) is 4.39. The second-order valence-electron chi connectivity index (χ2n) is 4.78. The molecule has 0 spiro atoms. The average molecular weight is 324 g/mol. The van der Waals surface area contributed by atoms with Crippen molar-refractivity contribution in [2.45, 2.75) is 13.0 Å². The molecule has 0 amide bonds. The number of benzene rings is 2. The lowest BCUT2D eigenvalue weighted by atomic mass is 10.1. The molecular formula is C15H12Cl2FN3. The largest absolute Gasteiger partial charge is 0.349 e. The molecule has 1 atom stereocenters. The molecule has 3 aromatic rings. The van der Waals surface area contributed by atoms with Crippen LogP contribution < -0.4 is 5.32 Å². The molecule has 1 unspecified atom stereocenters. The van der Waals surface area contributed by atoms with E-state index in [9.17, 15) is 4.39 Å². The standard InChI is InChI=1S/C15H12Cl2FN3/c1-8(11-4-2-9(16)6-12(11)17)19-15-20-13-5-3-10(18)7-14(13)21-15/h2-8H,1H3,(H2,19,20,21). The van der Waals surface area contributed by atoms with Gasteiger partial charge < -0.3 is 10.3 Å². The molecule has 0 aliphatic rings. The van der Waals surface area contributed by atoms with E-state index in [4.69, 9.17) is 23.2 Å². The molecule has 0 aliphatic carbocycles. The number of fused-ring (bicyclic) bond motifs is 1. The number of rotatable bonds is 3. The molecule has 1 heterocycles. The van der Waals surface area contributed by atoms with E-state index < -0.39 is 0 Å². The van der Waals surface area contributed by atoms with Crippen molar-refractivity contribution in [3.05, 3.63) is 57.8 Å². The Morgan fingerprint density at radius 2 is 2.00 bits per heavy atom. The van der Waals surface area contributed by atoms with Gasteiger partial charge in [-0.15, -0.1) is 0 Å². The lowest BCUT2D eigenvalue weighted by Gasteiger charge is -2.15. The van der Waals surface area contributed by atoms with E-state index in [-0.39, 0.29) is 11.9 Å². The van der Waals surface area contributed by atoms with Gasteiger partial charge in [-0.1, -0.05) is 29.3 Å². The second-order valence-corrected chi connectivity index (χ2v) is 5.62. The van der Waals surface area contributed by atoms with Crippen molar-refractivity contribution in [1.29, 1.82) is 0 Å². The fraction of sp³-hybridized carbons (Fsp3) is 0.133. The summed E-state index contributed by atoms with van der Waals surface area (Å²) in [4.78, 5) is 7.40. The zero-order valence-electron chi connectivity index (χ0n) is 11.1. The summed E-state index contributed by atoms with van der Waals surface area (Å²) in [5.74, 6) is 0.264. The summed E-state index contributed by atoms with van der Waals surface area (Å²) in [6.45, 7) is 1.96. The molecule has 21 heavy (non-hydrogen) atoms. The first kappa shape index (κ1) is 14.2. The number of nitrogens with one attached hydrogen (secondary N) is 2. The highest BCUT2D eigenvalue weighted by Gasteiger charge is 2.12. The maximum atomic E-state index is 13.2. The average Bonchev–Trinajstić information content (AvgIpc) is 2.79. The molecule has 0 saturated carbocycles. The Labute approximate surface area is 131 Å². The number of hydrogen-bond donors (Lipinski definition) is 2. The van der Waals surface area contributed by atoms with Crippen molar-refractivity contribution in [1.82, 2.24) is 9.97 Å². The summed E-state index contributed by atoms with van der Waals surface area (Å²) >= 11 is 12.1. The molecule has 0 bridgehead atoms. The number of hydrogen-bond acceptors (Lipinski definition) is 2. The van der Waals surface area contributed by atoms with Crippen molar-refractivity contribution in [2.75, 3.05) is 5.32 Å². The van der Waals surface area contributed by atoms with Crippen LogP contribution in [0.1, 0.15) is 18.5 Å². The summed E-state index contributed by atoms with van der Waals surface area (Å²) in [5.41, 5.74) is 2.26. The summed E-state index contributed by atoms with van der Waals surface area (Å²) in [6.07, 6.45) is 0. The van der Waals surface area contributed by atoms with E-state index in [1.807, 2.05) is 13.0 Å². The predicted molar refractivity (Wildman–Crippen MR) is 84.6 cm³/mol. The van der Waals surface area contributed by atoms with Crippen molar-refractivity contribution >= 4 is 40.2 Å². The Hall–Kier alpha value is -1.78. The number of imidazole rings is 1. The van der Waals surface area contributed by atoms with Gasteiger partial charge in [0.15, 0.2) is 0 Å². The Morgan fingerprint density at radius 1 is 1.19 bits per heavy atom. The van der Waals surface area contributed by atoms with Gasteiger partial charge in [-0.25, -0.2) is 9.37 Å². The summed E-state index contributed by atoms with van der Waals surface area (Å²) in [6, 6.07) is 9.70. The molecule has 0 fully saturated rings. The Morgan fingerprint density at radius 3 is 2.76 bits per heavy atom. The van der Waals surface area contributed by atoms with E-state index in [2.05, 4.69) is 15.3 Å². The first-order valence-corrected chi connectivity index (χ1v) is 7.15. The quantitative estimate of drug-likeness (QED) is 0.697. The van der Waals surface area contributed by atoms with Crippen LogP contribution in [0.25, 0.3) is 11.0 Å². The minimum Gasteiger partial charge on any atom is -0.349 e. The third kappa shape index (κ3) is 2.96. The molecule has 0 saturated heterocycles. The molecule has 108 valence electrons. The smallest absolute Gasteiger partial charge is 0.201 e. The number of anilines is 1. The number of H-pyrrole nitrogens is 1. The van der Waals surface area contributed by atoms with E-state index in [0.29, 0.717) is 27.0 Å². The van der Waals surface area contributed by atoms with Gasteiger partial charge in [0.25, 0.3) is 0 Å². The van der Waals surface area contributed by atoms with Crippen LogP contribution in [0, 0.1) is 5.82 Å². The minimum absolute atomic E-state index is 0.0693. The fourth-order valence-corrected chi connectivity index (χ4v) is 2.76. The normalized spacial score (nSPS) is 12.6. The lowest BCUT2D eigenvalue weighted by molar-refractivity contribution is 0.629. The highest BCUT2D eigenvalue weighted by atomic mass is 35.5. The van der Waals surface area contributed by atoms with Gasteiger partial charge in [-0.2, -0.15) is 0 Å². The van der Waals surface area contributed by atoms with Crippen LogP contribution in [-0.4, -0.2) is 9.97 Å². The number of aromatic amines is 1. The van der Waals surface area contributed by atoms with E-state index in [1.165, 1.54) is 12.1 Å². The van der Waals surface area contributed by atoms with Crippen LogP contribution >= 0.6 is 23.2 Å². The van der Waals surface area contributed by atoms with E-state index >= 15 is 0 Å². The van der Waals surface area contributed by atoms with Crippen molar-refractivity contribution < 1.29 is 4.39 Å². The molecule has 1 aromatic heterocycles. The molecule has 0 radical (unpaired) electrons. The Kier molecular flexibility index (Phi) is 3.74. The topological polar surface area (TPSA) is 40.7 Å². The lowest BCUT2D eigenvalue weighted by Crippen LogP contribution is -2.08. The second kappa shape index (κ2) is 5.54. The fourth-order valence-electron chi connectivity index (χ4n) is 2.19. The van der Waals surface area contributed by atoms with Gasteiger partial charge in [0.05, 0.1) is 17.1 Å². The van der Waals surface area contributed by atoms with Crippen molar-refractivity contribution in [3.63, 3.8) is 0 Å². The molecule has 3 nitrogen and oxygen atoms in total.